The number of benzene rings is 1. The van der Waals surface area contributed by atoms with Crippen LogP contribution in [0, 0.1) is 0 Å². The summed E-state index contributed by atoms with van der Waals surface area (Å²) in [6.45, 7) is 13.2. The van der Waals surface area contributed by atoms with Crippen LogP contribution in [-0.4, -0.2) is 31.4 Å². The van der Waals surface area contributed by atoms with Crippen LogP contribution in [-0.2, 0) is 4.43 Å². The Morgan fingerprint density at radius 2 is 2.00 bits per heavy atom. The van der Waals surface area contributed by atoms with Crippen molar-refractivity contribution in [2.24, 2.45) is 0 Å². The zero-order valence-electron chi connectivity index (χ0n) is 14.3. The van der Waals surface area contributed by atoms with Crippen molar-refractivity contribution < 1.29 is 19.1 Å². The standard InChI is InChI=1S/C17H26O4Si/c1-16(2,3)22(5,6)20-11-17(4)10-14(19)13-9-12(18)7-8-15(13)21-17/h7-9,18H,10-11H2,1-6H3. The molecule has 22 heavy (non-hydrogen) atoms. The summed E-state index contributed by atoms with van der Waals surface area (Å²) in [5.41, 5.74) is -0.207. The van der Waals surface area contributed by atoms with E-state index >= 15 is 0 Å². The van der Waals surface area contributed by atoms with Crippen LogP contribution in [0.2, 0.25) is 18.1 Å². The first-order valence-corrected chi connectivity index (χ1v) is 10.5. The second kappa shape index (κ2) is 5.39. The van der Waals surface area contributed by atoms with E-state index in [4.69, 9.17) is 9.16 Å². The summed E-state index contributed by atoms with van der Waals surface area (Å²) in [7, 11) is -1.89. The van der Waals surface area contributed by atoms with Gasteiger partial charge in [0.15, 0.2) is 14.1 Å². The molecule has 0 fully saturated rings. The van der Waals surface area contributed by atoms with Crippen molar-refractivity contribution in [1.29, 1.82) is 0 Å². The van der Waals surface area contributed by atoms with Crippen molar-refractivity contribution in [2.75, 3.05) is 6.61 Å². The van der Waals surface area contributed by atoms with Crippen LogP contribution in [0.5, 0.6) is 11.5 Å². The fourth-order valence-electron chi connectivity index (χ4n) is 2.19. The van der Waals surface area contributed by atoms with Gasteiger partial charge in [-0.1, -0.05) is 20.8 Å². The van der Waals surface area contributed by atoms with Gasteiger partial charge in [0.2, 0.25) is 0 Å². The fraction of sp³-hybridized carbons (Fsp3) is 0.588. The number of Topliss-reactive ketones (excluding diaryl/α,β-unsaturated/α-hetero) is 1. The molecule has 5 heteroatoms. The van der Waals surface area contributed by atoms with Gasteiger partial charge in [-0.05, 0) is 43.3 Å². The average Bonchev–Trinajstić information content (AvgIpc) is 2.37. The lowest BCUT2D eigenvalue weighted by atomic mass is 9.92. The Morgan fingerprint density at radius 1 is 1.36 bits per heavy atom. The molecule has 1 unspecified atom stereocenters. The maximum Gasteiger partial charge on any atom is 0.192 e. The van der Waals surface area contributed by atoms with Gasteiger partial charge in [-0.25, -0.2) is 0 Å². The van der Waals surface area contributed by atoms with E-state index in [1.165, 1.54) is 12.1 Å². The number of carbonyl (C=O) groups excluding carboxylic acids is 1. The highest BCUT2D eigenvalue weighted by Crippen LogP contribution is 2.39. The number of rotatable bonds is 3. The van der Waals surface area contributed by atoms with Crippen LogP contribution >= 0.6 is 0 Å². The third-order valence-corrected chi connectivity index (χ3v) is 9.18. The average molecular weight is 322 g/mol. The zero-order chi connectivity index (χ0) is 16.8. The Morgan fingerprint density at radius 3 is 2.59 bits per heavy atom. The Hall–Kier alpha value is -1.33. The molecule has 0 aliphatic carbocycles. The molecule has 2 rings (SSSR count). The molecule has 1 atom stereocenters. The van der Waals surface area contributed by atoms with Crippen molar-refractivity contribution >= 4 is 14.1 Å². The second-order valence-corrected chi connectivity index (χ2v) is 12.7. The van der Waals surface area contributed by atoms with Crippen LogP contribution < -0.4 is 4.74 Å². The summed E-state index contributed by atoms with van der Waals surface area (Å²) in [6.07, 6.45) is 0.262. The van der Waals surface area contributed by atoms with Gasteiger partial charge in [-0.2, -0.15) is 0 Å². The number of fused-ring (bicyclic) bond motifs is 1. The quantitative estimate of drug-likeness (QED) is 0.850. The van der Waals surface area contributed by atoms with Crippen molar-refractivity contribution in [1.82, 2.24) is 0 Å². The Labute approximate surface area is 133 Å². The molecule has 1 aliphatic rings. The molecule has 0 aromatic heterocycles. The van der Waals surface area contributed by atoms with Gasteiger partial charge in [0.25, 0.3) is 0 Å². The third kappa shape index (κ3) is 3.36. The fourth-order valence-corrected chi connectivity index (χ4v) is 3.29. The first-order valence-electron chi connectivity index (χ1n) is 7.63. The summed E-state index contributed by atoms with van der Waals surface area (Å²) in [5.74, 6) is 0.589. The smallest absolute Gasteiger partial charge is 0.192 e. The van der Waals surface area contributed by atoms with E-state index in [0.29, 0.717) is 17.9 Å². The number of ketones is 1. The Kier molecular flexibility index (Phi) is 4.17. The van der Waals surface area contributed by atoms with Crippen LogP contribution in [0.25, 0.3) is 0 Å². The molecule has 1 aliphatic heterocycles. The van der Waals surface area contributed by atoms with Gasteiger partial charge in [-0.15, -0.1) is 0 Å². The molecule has 1 aromatic carbocycles. The molecule has 1 N–H and O–H groups in total. The number of hydrogen-bond acceptors (Lipinski definition) is 4. The highest BCUT2D eigenvalue weighted by atomic mass is 28.4. The molecule has 1 heterocycles. The minimum atomic E-state index is -1.89. The summed E-state index contributed by atoms with van der Waals surface area (Å²) >= 11 is 0. The van der Waals surface area contributed by atoms with Gasteiger partial charge < -0.3 is 14.3 Å². The maximum absolute atomic E-state index is 12.3. The normalized spacial score (nSPS) is 22.2. The lowest BCUT2D eigenvalue weighted by Gasteiger charge is -2.41. The van der Waals surface area contributed by atoms with Crippen molar-refractivity contribution in [2.45, 2.75) is 57.8 Å². The van der Waals surface area contributed by atoms with Crippen LogP contribution in [0.15, 0.2) is 18.2 Å². The number of phenols is 1. The number of ether oxygens (including phenoxy) is 1. The number of aromatic hydroxyl groups is 1. The molecule has 0 saturated heterocycles. The van der Waals surface area contributed by atoms with Crippen LogP contribution in [0.3, 0.4) is 0 Å². The first kappa shape index (κ1) is 17.0. The highest BCUT2D eigenvalue weighted by molar-refractivity contribution is 6.74. The lowest BCUT2D eigenvalue weighted by Crippen LogP contribution is -2.49. The van der Waals surface area contributed by atoms with Gasteiger partial charge in [0.1, 0.15) is 17.1 Å². The molecule has 0 bridgehead atoms. The molecule has 0 amide bonds. The molecule has 1 aromatic rings. The predicted octanol–water partition coefficient (Wildman–Crippen LogP) is 4.14. The summed E-state index contributed by atoms with van der Waals surface area (Å²) in [4.78, 5) is 12.3. The largest absolute Gasteiger partial charge is 0.508 e. The Balaban J connectivity index is 2.16. The summed E-state index contributed by atoms with van der Waals surface area (Å²) in [6, 6.07) is 4.64. The molecule has 0 spiro atoms. The van der Waals surface area contributed by atoms with E-state index in [0.717, 1.165) is 0 Å². The second-order valence-electron chi connectivity index (χ2n) is 7.88. The zero-order valence-corrected chi connectivity index (χ0v) is 15.3. The predicted molar refractivity (Wildman–Crippen MR) is 89.2 cm³/mol. The van der Waals surface area contributed by atoms with Gasteiger partial charge in [0.05, 0.1) is 18.6 Å². The van der Waals surface area contributed by atoms with Crippen LogP contribution in [0.4, 0.5) is 0 Å². The maximum atomic E-state index is 12.3. The van der Waals surface area contributed by atoms with E-state index in [1.54, 1.807) is 6.07 Å². The van der Waals surface area contributed by atoms with Crippen molar-refractivity contribution in [3.8, 4) is 11.5 Å². The monoisotopic (exact) mass is 322 g/mol. The molecule has 4 nitrogen and oxygen atoms in total. The number of phenolic OH excluding ortho intramolecular Hbond substituents is 1. The minimum absolute atomic E-state index is 0.0153. The van der Waals surface area contributed by atoms with E-state index in [9.17, 15) is 9.90 Å². The van der Waals surface area contributed by atoms with Gasteiger partial charge in [-0.3, -0.25) is 4.79 Å². The third-order valence-electron chi connectivity index (χ3n) is 4.70. The summed E-state index contributed by atoms with van der Waals surface area (Å²) < 4.78 is 12.3. The molecule has 0 saturated carbocycles. The van der Waals surface area contributed by atoms with Crippen molar-refractivity contribution in [3.05, 3.63) is 23.8 Å². The van der Waals surface area contributed by atoms with Crippen LogP contribution in [0.1, 0.15) is 44.5 Å². The van der Waals surface area contributed by atoms with Crippen molar-refractivity contribution in [3.63, 3.8) is 0 Å². The molecular formula is C17H26O4Si. The van der Waals surface area contributed by atoms with E-state index in [1.807, 2.05) is 6.92 Å². The van der Waals surface area contributed by atoms with Gasteiger partial charge >= 0.3 is 0 Å². The van der Waals surface area contributed by atoms with E-state index < -0.39 is 13.9 Å². The van der Waals surface area contributed by atoms with E-state index in [-0.39, 0.29) is 23.0 Å². The molecule has 122 valence electrons. The molecular weight excluding hydrogens is 296 g/mol. The highest BCUT2D eigenvalue weighted by Gasteiger charge is 2.42. The van der Waals surface area contributed by atoms with Gasteiger partial charge in [0, 0.05) is 0 Å². The SMILES string of the molecule is CC1(CO[Si](C)(C)C(C)(C)C)CC(=O)c2cc(O)ccc2O1. The molecule has 0 radical (unpaired) electrons. The first-order chi connectivity index (χ1) is 9.94. The lowest BCUT2D eigenvalue weighted by molar-refractivity contribution is 0.0148. The number of hydrogen-bond donors (Lipinski definition) is 1. The Bertz CT molecular complexity index is 589. The number of carbonyl (C=O) groups is 1. The topological polar surface area (TPSA) is 55.8 Å². The van der Waals surface area contributed by atoms with E-state index in [2.05, 4.69) is 33.9 Å². The minimum Gasteiger partial charge on any atom is -0.508 e. The summed E-state index contributed by atoms with van der Waals surface area (Å²) in [5, 5.41) is 9.63.